The minimum absolute atomic E-state index is 0.425. The molecule has 1 aliphatic heterocycles. The van der Waals surface area contributed by atoms with Crippen LogP contribution in [0.4, 0.5) is 0 Å². The van der Waals surface area contributed by atoms with Gasteiger partial charge in [-0.25, -0.2) is 0 Å². The van der Waals surface area contributed by atoms with Crippen molar-refractivity contribution in [2.24, 2.45) is 0 Å². The maximum Gasteiger partial charge on any atom is 0.0929 e. The summed E-state index contributed by atoms with van der Waals surface area (Å²) < 4.78 is 1.37. The molecule has 134 valence electrons. The molecule has 4 aromatic rings. The summed E-state index contributed by atoms with van der Waals surface area (Å²) in [6.07, 6.45) is 0. The third-order valence-electron chi connectivity index (χ3n) is 5.33. The van der Waals surface area contributed by atoms with Gasteiger partial charge in [-0.1, -0.05) is 30.3 Å². The summed E-state index contributed by atoms with van der Waals surface area (Å²) in [4.78, 5) is 3.87. The second-order valence-corrected chi connectivity index (χ2v) is 8.52. The molecule has 0 N–H and O–H groups in total. The van der Waals surface area contributed by atoms with Crippen molar-refractivity contribution < 1.29 is 0 Å². The standard InChI is InChI=1S/C23H21N3S/c1-15-7-10-21(25-24-15)16-8-9-19-18(11-16)13-26(2)14-20(19)23-12-17-5-3-4-6-22(17)27-23/h3-12,20H,13-14H2,1-2H3. The van der Waals surface area contributed by atoms with Gasteiger partial charge in [0.25, 0.3) is 0 Å². The third-order valence-corrected chi connectivity index (χ3v) is 6.56. The van der Waals surface area contributed by atoms with Crippen LogP contribution in [0.2, 0.25) is 0 Å². The van der Waals surface area contributed by atoms with Crippen LogP contribution in [0.5, 0.6) is 0 Å². The van der Waals surface area contributed by atoms with Gasteiger partial charge >= 0.3 is 0 Å². The lowest BCUT2D eigenvalue weighted by Gasteiger charge is -2.32. The number of nitrogens with zero attached hydrogens (tertiary/aromatic N) is 3. The molecule has 1 aliphatic rings. The number of hydrogen-bond donors (Lipinski definition) is 0. The van der Waals surface area contributed by atoms with Crippen LogP contribution in [-0.4, -0.2) is 28.7 Å². The van der Waals surface area contributed by atoms with Crippen molar-refractivity contribution in [2.45, 2.75) is 19.4 Å². The van der Waals surface area contributed by atoms with Gasteiger partial charge in [0, 0.05) is 34.1 Å². The first-order valence-electron chi connectivity index (χ1n) is 9.28. The van der Waals surface area contributed by atoms with Crippen LogP contribution in [0.3, 0.4) is 0 Å². The summed E-state index contributed by atoms with van der Waals surface area (Å²) in [6, 6.07) is 21.9. The van der Waals surface area contributed by atoms with Crippen molar-refractivity contribution in [3.05, 3.63) is 82.4 Å². The molecule has 0 radical (unpaired) electrons. The predicted molar refractivity (Wildman–Crippen MR) is 112 cm³/mol. The summed E-state index contributed by atoms with van der Waals surface area (Å²) in [5.74, 6) is 0.425. The van der Waals surface area contributed by atoms with E-state index in [1.54, 1.807) is 0 Å². The molecule has 1 atom stereocenters. The predicted octanol–water partition coefficient (Wildman–Crippen LogP) is 5.24. The molecule has 0 saturated carbocycles. The molecule has 3 heterocycles. The SMILES string of the molecule is Cc1ccc(-c2ccc3c(c2)CN(C)CC3c2cc3ccccc3s2)nn1. The van der Waals surface area contributed by atoms with Gasteiger partial charge in [0.1, 0.15) is 0 Å². The van der Waals surface area contributed by atoms with E-state index in [4.69, 9.17) is 0 Å². The molecule has 0 aliphatic carbocycles. The first kappa shape index (κ1) is 16.6. The highest BCUT2D eigenvalue weighted by Gasteiger charge is 2.26. The molecule has 27 heavy (non-hydrogen) atoms. The summed E-state index contributed by atoms with van der Waals surface area (Å²) in [6.45, 7) is 4.00. The highest BCUT2D eigenvalue weighted by atomic mass is 32.1. The summed E-state index contributed by atoms with van der Waals surface area (Å²) >= 11 is 1.92. The van der Waals surface area contributed by atoms with Crippen molar-refractivity contribution in [2.75, 3.05) is 13.6 Å². The summed E-state index contributed by atoms with van der Waals surface area (Å²) in [5.41, 5.74) is 5.87. The lowest BCUT2D eigenvalue weighted by molar-refractivity contribution is 0.296. The normalized spacial score (nSPS) is 17.2. The highest BCUT2D eigenvalue weighted by Crippen LogP contribution is 2.39. The number of benzene rings is 2. The van der Waals surface area contributed by atoms with Gasteiger partial charge in [-0.15, -0.1) is 11.3 Å². The number of aromatic nitrogens is 2. The van der Waals surface area contributed by atoms with Gasteiger partial charge in [0.05, 0.1) is 11.4 Å². The quantitative estimate of drug-likeness (QED) is 0.482. The zero-order valence-electron chi connectivity index (χ0n) is 15.5. The molecule has 3 nitrogen and oxygen atoms in total. The van der Waals surface area contributed by atoms with Crippen LogP contribution < -0.4 is 0 Å². The average Bonchev–Trinajstić information content (AvgIpc) is 3.11. The van der Waals surface area contributed by atoms with Crippen LogP contribution in [-0.2, 0) is 6.54 Å². The van der Waals surface area contributed by atoms with E-state index in [1.165, 1.54) is 26.1 Å². The lowest BCUT2D eigenvalue weighted by Crippen LogP contribution is -2.30. The Morgan fingerprint density at radius 1 is 1.00 bits per heavy atom. The van der Waals surface area contributed by atoms with Crippen molar-refractivity contribution >= 4 is 21.4 Å². The fraction of sp³-hybridized carbons (Fsp3) is 0.217. The number of hydrogen-bond acceptors (Lipinski definition) is 4. The van der Waals surface area contributed by atoms with Gasteiger partial charge in [-0.2, -0.15) is 10.2 Å². The number of aryl methyl sites for hydroxylation is 1. The van der Waals surface area contributed by atoms with Crippen LogP contribution in [0.25, 0.3) is 21.3 Å². The third kappa shape index (κ3) is 3.05. The zero-order chi connectivity index (χ0) is 18.4. The van der Waals surface area contributed by atoms with Crippen molar-refractivity contribution in [1.82, 2.24) is 15.1 Å². The smallest absolute Gasteiger partial charge is 0.0929 e. The molecule has 0 fully saturated rings. The van der Waals surface area contributed by atoms with E-state index < -0.39 is 0 Å². The second-order valence-electron chi connectivity index (χ2n) is 7.41. The maximum absolute atomic E-state index is 4.36. The molecule has 5 rings (SSSR count). The summed E-state index contributed by atoms with van der Waals surface area (Å²) in [7, 11) is 2.21. The van der Waals surface area contributed by atoms with Crippen LogP contribution >= 0.6 is 11.3 Å². The Balaban J connectivity index is 1.57. The van der Waals surface area contributed by atoms with Gasteiger partial charge in [0.2, 0.25) is 0 Å². The average molecular weight is 372 g/mol. The van der Waals surface area contributed by atoms with Crippen molar-refractivity contribution in [3.63, 3.8) is 0 Å². The molecule has 0 amide bonds. The largest absolute Gasteiger partial charge is 0.301 e. The van der Waals surface area contributed by atoms with Crippen molar-refractivity contribution in [1.29, 1.82) is 0 Å². The molecule has 4 heteroatoms. The molecule has 0 spiro atoms. The lowest BCUT2D eigenvalue weighted by atomic mass is 9.87. The summed E-state index contributed by atoms with van der Waals surface area (Å²) in [5, 5.41) is 9.92. The molecular weight excluding hydrogens is 350 g/mol. The number of fused-ring (bicyclic) bond motifs is 2. The second kappa shape index (κ2) is 6.55. The zero-order valence-corrected chi connectivity index (χ0v) is 16.3. The number of rotatable bonds is 2. The van der Waals surface area contributed by atoms with Gasteiger partial charge in [0.15, 0.2) is 0 Å². The van der Waals surface area contributed by atoms with E-state index in [2.05, 4.69) is 76.7 Å². The van der Waals surface area contributed by atoms with Gasteiger partial charge < -0.3 is 4.90 Å². The monoisotopic (exact) mass is 371 g/mol. The Labute approximate surface area is 163 Å². The van der Waals surface area contributed by atoms with Crippen molar-refractivity contribution in [3.8, 4) is 11.3 Å². The molecular formula is C23H21N3S. The number of thiophene rings is 1. The van der Waals surface area contributed by atoms with Gasteiger partial charge in [-0.3, -0.25) is 0 Å². The Kier molecular flexibility index (Phi) is 4.03. The van der Waals surface area contributed by atoms with Gasteiger partial charge in [-0.05, 0) is 60.8 Å². The maximum atomic E-state index is 4.36. The first-order chi connectivity index (χ1) is 13.2. The molecule has 1 unspecified atom stereocenters. The fourth-order valence-corrected chi connectivity index (χ4v) is 5.15. The van der Waals surface area contributed by atoms with E-state index in [-0.39, 0.29) is 0 Å². The Bertz CT molecular complexity index is 1080. The highest BCUT2D eigenvalue weighted by molar-refractivity contribution is 7.19. The Hall–Kier alpha value is -2.56. The topological polar surface area (TPSA) is 29.0 Å². The molecule has 0 bridgehead atoms. The van der Waals surface area contributed by atoms with Crippen LogP contribution in [0.1, 0.15) is 27.6 Å². The van der Waals surface area contributed by atoms with E-state index >= 15 is 0 Å². The minimum atomic E-state index is 0.425. The molecule has 2 aromatic carbocycles. The van der Waals surface area contributed by atoms with E-state index in [0.717, 1.165) is 30.0 Å². The minimum Gasteiger partial charge on any atom is -0.301 e. The fourth-order valence-electron chi connectivity index (χ4n) is 3.98. The molecule has 2 aromatic heterocycles. The first-order valence-corrected chi connectivity index (χ1v) is 10.1. The van der Waals surface area contributed by atoms with E-state index in [1.807, 2.05) is 24.3 Å². The van der Waals surface area contributed by atoms with Crippen LogP contribution in [0.15, 0.2) is 60.7 Å². The van der Waals surface area contributed by atoms with Crippen LogP contribution in [0, 0.1) is 6.92 Å². The number of likely N-dealkylation sites (N-methyl/N-ethyl adjacent to an activating group) is 1. The Morgan fingerprint density at radius 3 is 2.70 bits per heavy atom. The van der Waals surface area contributed by atoms with E-state index in [9.17, 15) is 0 Å². The van der Waals surface area contributed by atoms with E-state index in [0.29, 0.717) is 5.92 Å². The Morgan fingerprint density at radius 2 is 1.89 bits per heavy atom. The molecule has 0 saturated heterocycles.